The predicted molar refractivity (Wildman–Crippen MR) is 78.2 cm³/mol. The highest BCUT2D eigenvalue weighted by Gasteiger charge is 2.12. The molecule has 0 saturated heterocycles. The molecule has 0 fully saturated rings. The third-order valence-corrected chi connectivity index (χ3v) is 3.43. The number of hydrogen-bond donors (Lipinski definition) is 0. The Bertz CT molecular complexity index is 520. The molecule has 3 heteroatoms. The number of methoxy groups -OCH3 is 1. The average Bonchev–Trinajstić information content (AvgIpc) is 2.51. The molecule has 0 radical (unpaired) electrons. The van der Waals surface area contributed by atoms with Crippen LogP contribution in [0.5, 0.6) is 11.5 Å². The number of alkyl halides is 1. The van der Waals surface area contributed by atoms with Gasteiger partial charge in [-0.1, -0.05) is 31.2 Å². The molecule has 2 aromatic rings. The first-order chi connectivity index (χ1) is 9.78. The van der Waals surface area contributed by atoms with Crippen molar-refractivity contribution in [3.05, 3.63) is 59.7 Å². The van der Waals surface area contributed by atoms with E-state index in [-0.39, 0.29) is 0 Å². The monoisotopic (exact) mass is 274 g/mol. The van der Waals surface area contributed by atoms with Crippen LogP contribution in [0.3, 0.4) is 0 Å². The lowest BCUT2D eigenvalue weighted by molar-refractivity contribution is 0.191. The van der Waals surface area contributed by atoms with Crippen LogP contribution < -0.4 is 9.47 Å². The molecule has 20 heavy (non-hydrogen) atoms. The molecule has 0 aliphatic rings. The van der Waals surface area contributed by atoms with E-state index in [1.807, 2.05) is 24.3 Å². The van der Waals surface area contributed by atoms with Crippen LogP contribution >= 0.6 is 0 Å². The average molecular weight is 274 g/mol. The summed E-state index contributed by atoms with van der Waals surface area (Å²) in [5.74, 6) is 1.73. The third-order valence-electron chi connectivity index (χ3n) is 3.43. The lowest BCUT2D eigenvalue weighted by Crippen LogP contribution is -2.00. The maximum Gasteiger partial charge on any atom is 0.228 e. The van der Waals surface area contributed by atoms with Crippen molar-refractivity contribution in [2.24, 2.45) is 0 Å². The molecule has 0 amide bonds. The Morgan fingerprint density at radius 2 is 1.40 bits per heavy atom. The van der Waals surface area contributed by atoms with Gasteiger partial charge in [0.1, 0.15) is 11.5 Å². The molecule has 0 aromatic heterocycles. The smallest absolute Gasteiger partial charge is 0.228 e. The van der Waals surface area contributed by atoms with Gasteiger partial charge in [-0.05, 0) is 41.8 Å². The van der Waals surface area contributed by atoms with E-state index < -0.39 is 6.86 Å². The van der Waals surface area contributed by atoms with Crippen LogP contribution in [0.25, 0.3) is 0 Å². The number of halogens is 1. The van der Waals surface area contributed by atoms with E-state index in [4.69, 9.17) is 9.47 Å². The molecule has 0 aliphatic carbocycles. The molecule has 0 saturated carbocycles. The van der Waals surface area contributed by atoms with Crippen LogP contribution in [-0.2, 0) is 0 Å². The molecule has 0 N–H and O–H groups in total. The van der Waals surface area contributed by atoms with Crippen molar-refractivity contribution in [3.63, 3.8) is 0 Å². The molecule has 1 unspecified atom stereocenters. The highest BCUT2D eigenvalue weighted by molar-refractivity contribution is 5.38. The van der Waals surface area contributed by atoms with Crippen LogP contribution in [0.2, 0.25) is 0 Å². The van der Waals surface area contributed by atoms with Crippen LogP contribution in [0, 0.1) is 0 Å². The normalized spacial score (nSPS) is 11.9. The van der Waals surface area contributed by atoms with Gasteiger partial charge in [-0.25, -0.2) is 4.39 Å². The number of ether oxygens (including phenoxy) is 2. The Kier molecular flexibility index (Phi) is 4.99. The van der Waals surface area contributed by atoms with Crippen molar-refractivity contribution in [1.82, 2.24) is 0 Å². The van der Waals surface area contributed by atoms with Gasteiger partial charge in [0.05, 0.1) is 7.11 Å². The molecule has 2 nitrogen and oxygen atoms in total. The van der Waals surface area contributed by atoms with Gasteiger partial charge in [-0.2, -0.15) is 0 Å². The van der Waals surface area contributed by atoms with E-state index in [1.165, 1.54) is 11.1 Å². The zero-order valence-corrected chi connectivity index (χ0v) is 11.8. The van der Waals surface area contributed by atoms with Gasteiger partial charge in [0.25, 0.3) is 0 Å². The molecule has 1 atom stereocenters. The van der Waals surface area contributed by atoms with Crippen molar-refractivity contribution >= 4 is 0 Å². The summed E-state index contributed by atoms with van der Waals surface area (Å²) < 4.78 is 22.1. The van der Waals surface area contributed by atoms with Gasteiger partial charge in [-0.3, -0.25) is 0 Å². The minimum Gasteiger partial charge on any atom is -0.497 e. The Morgan fingerprint density at radius 1 is 0.900 bits per heavy atom. The first kappa shape index (κ1) is 14.4. The fourth-order valence-corrected chi connectivity index (χ4v) is 2.36. The summed E-state index contributed by atoms with van der Waals surface area (Å²) in [4.78, 5) is 0. The van der Waals surface area contributed by atoms with Gasteiger partial charge in [0.2, 0.25) is 6.86 Å². The zero-order valence-electron chi connectivity index (χ0n) is 11.8. The molecular weight excluding hydrogens is 255 g/mol. The standard InChI is InChI=1S/C17H19FO2/c1-3-17(13-4-8-15(19-2)9-5-13)14-6-10-16(11-7-14)20-12-18/h4-11,17H,3,12H2,1-2H3. The van der Waals surface area contributed by atoms with Crippen molar-refractivity contribution in [2.45, 2.75) is 19.3 Å². The van der Waals surface area contributed by atoms with E-state index >= 15 is 0 Å². The molecule has 2 aromatic carbocycles. The second-order valence-corrected chi connectivity index (χ2v) is 4.56. The van der Waals surface area contributed by atoms with Gasteiger partial charge in [0, 0.05) is 5.92 Å². The maximum atomic E-state index is 12.1. The molecular formula is C17H19FO2. The Morgan fingerprint density at radius 3 is 1.80 bits per heavy atom. The summed E-state index contributed by atoms with van der Waals surface area (Å²) in [6.07, 6.45) is 0.996. The molecule has 0 spiro atoms. The SMILES string of the molecule is CCC(c1ccc(OC)cc1)c1ccc(OCF)cc1. The number of hydrogen-bond acceptors (Lipinski definition) is 2. The topological polar surface area (TPSA) is 18.5 Å². The summed E-state index contributed by atoms with van der Waals surface area (Å²) in [5.41, 5.74) is 2.44. The minimum absolute atomic E-state index is 0.320. The summed E-state index contributed by atoms with van der Waals surface area (Å²) in [5, 5.41) is 0. The first-order valence-corrected chi connectivity index (χ1v) is 6.71. The van der Waals surface area contributed by atoms with Crippen LogP contribution in [-0.4, -0.2) is 14.0 Å². The van der Waals surface area contributed by atoms with Crippen molar-refractivity contribution in [3.8, 4) is 11.5 Å². The van der Waals surface area contributed by atoms with E-state index in [0.717, 1.165) is 12.2 Å². The largest absolute Gasteiger partial charge is 0.497 e. The second kappa shape index (κ2) is 6.94. The summed E-state index contributed by atoms with van der Waals surface area (Å²) >= 11 is 0. The fourth-order valence-electron chi connectivity index (χ4n) is 2.36. The quantitative estimate of drug-likeness (QED) is 0.769. The Balaban J connectivity index is 2.21. The fraction of sp³-hybridized carbons (Fsp3) is 0.294. The predicted octanol–water partition coefficient (Wildman–Crippen LogP) is 4.54. The highest BCUT2D eigenvalue weighted by Crippen LogP contribution is 2.30. The highest BCUT2D eigenvalue weighted by atomic mass is 19.1. The van der Waals surface area contributed by atoms with Crippen LogP contribution in [0.4, 0.5) is 4.39 Å². The minimum atomic E-state index is -0.797. The van der Waals surface area contributed by atoms with Crippen molar-refractivity contribution < 1.29 is 13.9 Å². The van der Waals surface area contributed by atoms with Gasteiger partial charge >= 0.3 is 0 Å². The van der Waals surface area contributed by atoms with E-state index in [2.05, 4.69) is 19.1 Å². The Labute approximate surface area is 119 Å². The molecule has 106 valence electrons. The number of benzene rings is 2. The van der Waals surface area contributed by atoms with Crippen LogP contribution in [0.15, 0.2) is 48.5 Å². The van der Waals surface area contributed by atoms with Crippen LogP contribution in [0.1, 0.15) is 30.4 Å². The molecule has 0 aliphatic heterocycles. The Hall–Kier alpha value is -2.03. The summed E-state index contributed by atoms with van der Waals surface area (Å²) in [6.45, 7) is 1.36. The van der Waals surface area contributed by atoms with Gasteiger partial charge < -0.3 is 9.47 Å². The molecule has 0 bridgehead atoms. The van der Waals surface area contributed by atoms with Crippen molar-refractivity contribution in [2.75, 3.05) is 14.0 Å². The van der Waals surface area contributed by atoms with E-state index in [9.17, 15) is 4.39 Å². The third kappa shape index (κ3) is 3.29. The van der Waals surface area contributed by atoms with Crippen molar-refractivity contribution in [1.29, 1.82) is 0 Å². The summed E-state index contributed by atoms with van der Waals surface area (Å²) in [7, 11) is 1.66. The van der Waals surface area contributed by atoms with Gasteiger partial charge in [-0.15, -0.1) is 0 Å². The second-order valence-electron chi connectivity index (χ2n) is 4.56. The zero-order chi connectivity index (χ0) is 14.4. The number of rotatable bonds is 6. The molecule has 0 heterocycles. The first-order valence-electron chi connectivity index (χ1n) is 6.71. The lowest BCUT2D eigenvalue weighted by Gasteiger charge is -2.16. The maximum absolute atomic E-state index is 12.1. The lowest BCUT2D eigenvalue weighted by atomic mass is 9.89. The van der Waals surface area contributed by atoms with Gasteiger partial charge in [0.15, 0.2) is 0 Å². The van der Waals surface area contributed by atoms with E-state index in [0.29, 0.717) is 11.7 Å². The summed E-state index contributed by atoms with van der Waals surface area (Å²) in [6, 6.07) is 15.7. The van der Waals surface area contributed by atoms with E-state index in [1.54, 1.807) is 19.2 Å². The molecule has 2 rings (SSSR count).